The number of thiophene rings is 1. The van der Waals surface area contributed by atoms with E-state index >= 15 is 0 Å². The van der Waals surface area contributed by atoms with Gasteiger partial charge in [-0.2, -0.15) is 0 Å². The highest BCUT2D eigenvalue weighted by Gasteiger charge is 2.29. The van der Waals surface area contributed by atoms with E-state index in [2.05, 4.69) is 9.72 Å². The second kappa shape index (κ2) is 7.93. The molecule has 0 bridgehead atoms. The lowest BCUT2D eigenvalue weighted by Gasteiger charge is -2.17. The van der Waals surface area contributed by atoms with Gasteiger partial charge in [0, 0.05) is 10.4 Å². The van der Waals surface area contributed by atoms with Gasteiger partial charge in [-0.25, -0.2) is 9.36 Å². The van der Waals surface area contributed by atoms with Crippen molar-refractivity contribution >= 4 is 33.3 Å². The molecular weight excluding hydrogens is 380 g/mol. The fourth-order valence-electron chi connectivity index (χ4n) is 3.31. The number of nitrogens with zero attached hydrogens (tertiary/aromatic N) is 1. The number of hydrogen-bond acceptors (Lipinski definition) is 6. The van der Waals surface area contributed by atoms with Crippen LogP contribution in [0.1, 0.15) is 40.2 Å². The lowest BCUT2D eigenvalue weighted by Crippen LogP contribution is -2.42. The summed E-state index contributed by atoms with van der Waals surface area (Å²) in [4.78, 5) is 55.1. The number of aromatic amines is 1. The van der Waals surface area contributed by atoms with Gasteiger partial charge in [0.1, 0.15) is 10.9 Å². The van der Waals surface area contributed by atoms with Gasteiger partial charge in [0.2, 0.25) is 0 Å². The summed E-state index contributed by atoms with van der Waals surface area (Å²) in [7, 11) is 1.19. The van der Waals surface area contributed by atoms with Crippen molar-refractivity contribution in [3.05, 3.63) is 67.2 Å². The van der Waals surface area contributed by atoms with Crippen molar-refractivity contribution in [3.8, 4) is 0 Å². The van der Waals surface area contributed by atoms with Gasteiger partial charge in [-0.05, 0) is 18.9 Å². The first kappa shape index (κ1) is 19.8. The van der Waals surface area contributed by atoms with Gasteiger partial charge in [0.05, 0.1) is 18.9 Å². The van der Waals surface area contributed by atoms with Crippen molar-refractivity contribution < 1.29 is 14.3 Å². The third-order valence-electron chi connectivity index (χ3n) is 4.69. The van der Waals surface area contributed by atoms with Crippen molar-refractivity contribution in [2.24, 2.45) is 0 Å². The molecule has 3 rings (SSSR count). The smallest absolute Gasteiger partial charge is 0.330 e. The lowest BCUT2D eigenvalue weighted by molar-refractivity contribution is -0.141. The number of carbonyl (C=O) groups excluding carboxylic acids is 2. The average molecular weight is 400 g/mol. The highest BCUT2D eigenvalue weighted by Crippen LogP contribution is 2.27. The summed E-state index contributed by atoms with van der Waals surface area (Å²) in [5, 5.41) is 0.389. The normalized spacial score (nSPS) is 12.1. The first-order valence-corrected chi connectivity index (χ1v) is 9.63. The fraction of sp³-hybridized carbons (Fsp3) is 0.300. The van der Waals surface area contributed by atoms with Crippen LogP contribution >= 0.6 is 11.3 Å². The summed E-state index contributed by atoms with van der Waals surface area (Å²) in [5.41, 5.74) is -0.156. The number of methoxy groups -OCH3 is 1. The Morgan fingerprint density at radius 2 is 1.89 bits per heavy atom. The maximum absolute atomic E-state index is 13.2. The number of ketones is 1. The van der Waals surface area contributed by atoms with E-state index in [9.17, 15) is 19.2 Å². The molecule has 28 heavy (non-hydrogen) atoms. The highest BCUT2D eigenvalue weighted by molar-refractivity contribution is 7.18. The number of hydrogen-bond donors (Lipinski definition) is 1. The second-order valence-corrected chi connectivity index (χ2v) is 7.55. The average Bonchev–Trinajstić information content (AvgIpc) is 3.01. The standard InChI is InChI=1S/C20H20N2O5S/c1-4-13-11(2)28-18-16(13)19(25)22(20(26)21-18)14(10-15(23)27-3)17(24)12-8-6-5-7-9-12/h5-9,14H,4,10H2,1-3H3,(H,21,26). The molecule has 8 heteroatoms. The molecule has 1 aromatic carbocycles. The first-order chi connectivity index (χ1) is 13.4. The molecular formula is C20H20N2O5S. The minimum atomic E-state index is -1.29. The van der Waals surface area contributed by atoms with E-state index in [0.29, 0.717) is 22.2 Å². The summed E-state index contributed by atoms with van der Waals surface area (Å²) in [6, 6.07) is 6.97. The molecule has 0 aliphatic carbocycles. The molecule has 0 radical (unpaired) electrons. The molecule has 3 aromatic rings. The second-order valence-electron chi connectivity index (χ2n) is 6.33. The van der Waals surface area contributed by atoms with Gasteiger partial charge in [-0.3, -0.25) is 19.4 Å². The largest absolute Gasteiger partial charge is 0.469 e. The zero-order chi connectivity index (χ0) is 20.4. The van der Waals surface area contributed by atoms with Gasteiger partial charge in [0.15, 0.2) is 5.78 Å². The number of ether oxygens (including phenoxy) is 1. The minimum Gasteiger partial charge on any atom is -0.469 e. The predicted octanol–water partition coefficient (Wildman–Crippen LogP) is 2.61. The molecule has 0 aliphatic rings. The zero-order valence-electron chi connectivity index (χ0n) is 15.8. The number of fused-ring (bicyclic) bond motifs is 1. The van der Waals surface area contributed by atoms with E-state index in [4.69, 9.17) is 0 Å². The Morgan fingerprint density at radius 3 is 2.50 bits per heavy atom. The van der Waals surface area contributed by atoms with Gasteiger partial charge in [-0.15, -0.1) is 11.3 Å². The Kier molecular flexibility index (Phi) is 5.60. The minimum absolute atomic E-state index is 0.306. The lowest BCUT2D eigenvalue weighted by atomic mass is 10.0. The van der Waals surface area contributed by atoms with Crippen LogP contribution < -0.4 is 11.2 Å². The molecule has 7 nitrogen and oxygen atoms in total. The maximum Gasteiger partial charge on any atom is 0.330 e. The number of aryl methyl sites for hydroxylation is 2. The summed E-state index contributed by atoms with van der Waals surface area (Å²) < 4.78 is 5.53. The number of benzene rings is 1. The molecule has 0 spiro atoms. The van der Waals surface area contributed by atoms with Crippen molar-refractivity contribution in [2.45, 2.75) is 32.7 Å². The van der Waals surface area contributed by atoms with Crippen LogP contribution in [0.4, 0.5) is 0 Å². The summed E-state index contributed by atoms with van der Waals surface area (Å²) in [6.07, 6.45) is 0.199. The summed E-state index contributed by atoms with van der Waals surface area (Å²) in [6.45, 7) is 3.80. The number of aromatic nitrogens is 2. The van der Waals surface area contributed by atoms with E-state index in [1.54, 1.807) is 30.3 Å². The van der Waals surface area contributed by atoms with Crippen LogP contribution in [0.15, 0.2) is 39.9 Å². The van der Waals surface area contributed by atoms with Crippen LogP contribution in [0.2, 0.25) is 0 Å². The topological polar surface area (TPSA) is 98.2 Å². The molecule has 1 N–H and O–H groups in total. The van der Waals surface area contributed by atoms with Crippen LogP contribution in [-0.2, 0) is 16.0 Å². The molecule has 0 aliphatic heterocycles. The van der Waals surface area contributed by atoms with E-state index in [-0.39, 0.29) is 0 Å². The number of rotatable bonds is 6. The monoisotopic (exact) mass is 400 g/mol. The van der Waals surface area contributed by atoms with E-state index < -0.39 is 35.5 Å². The summed E-state index contributed by atoms with van der Waals surface area (Å²) in [5.74, 6) is -1.18. The maximum atomic E-state index is 13.2. The van der Waals surface area contributed by atoms with Crippen molar-refractivity contribution in [3.63, 3.8) is 0 Å². The molecule has 0 saturated heterocycles. The number of nitrogens with one attached hydrogen (secondary N) is 1. The fourth-order valence-corrected chi connectivity index (χ4v) is 4.44. The molecule has 2 aromatic heterocycles. The third-order valence-corrected chi connectivity index (χ3v) is 5.76. The molecule has 1 unspecified atom stereocenters. The predicted molar refractivity (Wildman–Crippen MR) is 107 cm³/mol. The van der Waals surface area contributed by atoms with Gasteiger partial charge >= 0.3 is 11.7 Å². The zero-order valence-corrected chi connectivity index (χ0v) is 16.6. The van der Waals surface area contributed by atoms with Gasteiger partial charge < -0.3 is 4.74 Å². The van der Waals surface area contributed by atoms with Crippen molar-refractivity contribution in [1.29, 1.82) is 0 Å². The Labute approximate surface area is 164 Å². The third kappa shape index (κ3) is 3.43. The number of H-pyrrole nitrogens is 1. The SMILES string of the molecule is CCc1c(C)sc2[nH]c(=O)n(C(CC(=O)OC)C(=O)c3ccccc3)c(=O)c12. The molecule has 2 heterocycles. The Balaban J connectivity index is 2.26. The Hall–Kier alpha value is -3.00. The van der Waals surface area contributed by atoms with Gasteiger partial charge in [0.25, 0.3) is 5.56 Å². The van der Waals surface area contributed by atoms with Crippen LogP contribution in [0.5, 0.6) is 0 Å². The molecule has 1 atom stereocenters. The van der Waals surface area contributed by atoms with E-state index in [0.717, 1.165) is 15.0 Å². The van der Waals surface area contributed by atoms with Crippen molar-refractivity contribution in [1.82, 2.24) is 9.55 Å². The Morgan fingerprint density at radius 1 is 1.21 bits per heavy atom. The molecule has 0 amide bonds. The Bertz CT molecular complexity index is 1160. The van der Waals surface area contributed by atoms with Crippen LogP contribution in [-0.4, -0.2) is 28.4 Å². The number of Topliss-reactive ketones (excluding diaryl/α,β-unsaturated/α-hetero) is 1. The number of carbonyl (C=O) groups is 2. The first-order valence-electron chi connectivity index (χ1n) is 8.81. The summed E-state index contributed by atoms with van der Waals surface area (Å²) >= 11 is 1.33. The molecule has 146 valence electrons. The van der Waals surface area contributed by atoms with Crippen LogP contribution in [0, 0.1) is 6.92 Å². The van der Waals surface area contributed by atoms with E-state index in [1.807, 2.05) is 13.8 Å². The molecule has 0 saturated carbocycles. The highest BCUT2D eigenvalue weighted by atomic mass is 32.1. The quantitative estimate of drug-likeness (QED) is 0.507. The number of esters is 1. The van der Waals surface area contributed by atoms with Crippen LogP contribution in [0.25, 0.3) is 10.2 Å². The van der Waals surface area contributed by atoms with Gasteiger partial charge in [-0.1, -0.05) is 37.3 Å². The van der Waals surface area contributed by atoms with Crippen LogP contribution in [0.3, 0.4) is 0 Å². The van der Waals surface area contributed by atoms with E-state index in [1.165, 1.54) is 18.4 Å². The molecule has 0 fully saturated rings. The van der Waals surface area contributed by atoms with Crippen molar-refractivity contribution in [2.75, 3.05) is 7.11 Å².